The first-order chi connectivity index (χ1) is 10.4. The van der Waals surface area contributed by atoms with Gasteiger partial charge in [-0.25, -0.2) is 8.42 Å². The predicted molar refractivity (Wildman–Crippen MR) is 85.3 cm³/mol. The third-order valence-electron chi connectivity index (χ3n) is 4.33. The zero-order valence-corrected chi connectivity index (χ0v) is 14.0. The topological polar surface area (TPSA) is 57.7 Å². The fraction of sp³-hybridized carbons (Fsp3) is 0.533. The summed E-state index contributed by atoms with van der Waals surface area (Å²) < 4.78 is 26.0. The molecule has 0 aromatic heterocycles. The number of rotatable bonds is 3. The van der Waals surface area contributed by atoms with Crippen molar-refractivity contribution < 1.29 is 13.2 Å². The number of carbonyl (C=O) groups excluding carboxylic acids is 1. The van der Waals surface area contributed by atoms with Gasteiger partial charge in [0.15, 0.2) is 0 Å². The molecule has 2 aliphatic rings. The Balaban J connectivity index is 1.96. The van der Waals surface area contributed by atoms with E-state index in [1.807, 2.05) is 25.1 Å². The highest BCUT2D eigenvalue weighted by Gasteiger charge is 2.40. The van der Waals surface area contributed by atoms with Crippen molar-refractivity contribution in [1.29, 1.82) is 0 Å². The van der Waals surface area contributed by atoms with Gasteiger partial charge >= 0.3 is 0 Å². The van der Waals surface area contributed by atoms with Crippen LogP contribution >= 0.6 is 11.6 Å². The van der Waals surface area contributed by atoms with Gasteiger partial charge in [-0.3, -0.25) is 4.79 Å². The van der Waals surface area contributed by atoms with Crippen LogP contribution in [0.25, 0.3) is 0 Å². The van der Waals surface area contributed by atoms with Crippen LogP contribution in [0.1, 0.15) is 30.5 Å². The van der Waals surface area contributed by atoms with Crippen molar-refractivity contribution in [3.05, 3.63) is 34.3 Å². The van der Waals surface area contributed by atoms with Crippen molar-refractivity contribution >= 4 is 27.5 Å². The number of benzene rings is 1. The molecule has 0 bridgehead atoms. The summed E-state index contributed by atoms with van der Waals surface area (Å²) in [6.45, 7) is 2.74. The van der Waals surface area contributed by atoms with Gasteiger partial charge in [-0.1, -0.05) is 24.6 Å². The number of amides is 1. The van der Waals surface area contributed by atoms with E-state index in [2.05, 4.69) is 0 Å². The zero-order valence-electron chi connectivity index (χ0n) is 12.5. The Labute approximate surface area is 135 Å². The van der Waals surface area contributed by atoms with E-state index in [1.165, 1.54) is 4.31 Å². The molecule has 0 aliphatic carbocycles. The smallest absolute Gasteiger partial charge is 0.238 e. The first-order valence-electron chi connectivity index (χ1n) is 7.48. The normalized spacial score (nSPS) is 22.4. The Morgan fingerprint density at radius 2 is 2.14 bits per heavy atom. The lowest BCUT2D eigenvalue weighted by Gasteiger charge is -2.44. The van der Waals surface area contributed by atoms with Gasteiger partial charge in [-0.2, -0.15) is 4.31 Å². The number of carbonyl (C=O) groups is 1. The standard InChI is InChI=1S/C15H19ClN2O3S/c1-2-7-22(20,21)17-9-14-13-8-12(16)4-3-11(13)5-6-18(14)15(19)10-17/h3-4,8,14H,2,5-7,9-10H2,1H3. The minimum absolute atomic E-state index is 0.0469. The van der Waals surface area contributed by atoms with Crippen LogP contribution < -0.4 is 0 Å². The number of nitrogens with zero attached hydrogens (tertiary/aromatic N) is 2. The molecule has 1 unspecified atom stereocenters. The van der Waals surface area contributed by atoms with Crippen molar-refractivity contribution in [2.45, 2.75) is 25.8 Å². The average Bonchev–Trinajstić information content (AvgIpc) is 2.47. The summed E-state index contributed by atoms with van der Waals surface area (Å²) in [5.41, 5.74) is 2.12. The molecule has 120 valence electrons. The Morgan fingerprint density at radius 3 is 2.86 bits per heavy atom. The quantitative estimate of drug-likeness (QED) is 0.842. The number of piperazine rings is 1. The van der Waals surface area contributed by atoms with Crippen LogP contribution in [0.15, 0.2) is 18.2 Å². The van der Waals surface area contributed by atoms with Gasteiger partial charge in [0.1, 0.15) is 0 Å². The molecule has 0 spiro atoms. The van der Waals surface area contributed by atoms with Crippen LogP contribution in [0, 0.1) is 0 Å². The monoisotopic (exact) mass is 342 g/mol. The summed E-state index contributed by atoms with van der Waals surface area (Å²) >= 11 is 6.08. The van der Waals surface area contributed by atoms with E-state index in [-0.39, 0.29) is 24.2 Å². The minimum Gasteiger partial charge on any atom is -0.333 e. The summed E-state index contributed by atoms with van der Waals surface area (Å²) in [7, 11) is -3.38. The van der Waals surface area contributed by atoms with E-state index in [4.69, 9.17) is 11.6 Å². The van der Waals surface area contributed by atoms with Gasteiger partial charge in [-0.05, 0) is 36.1 Å². The predicted octanol–water partition coefficient (Wildman–Crippen LogP) is 1.82. The van der Waals surface area contributed by atoms with E-state index in [1.54, 1.807) is 4.90 Å². The number of hydrogen-bond acceptors (Lipinski definition) is 3. The molecule has 2 heterocycles. The lowest BCUT2D eigenvalue weighted by molar-refractivity contribution is -0.138. The number of halogens is 1. The molecular weight excluding hydrogens is 324 g/mol. The molecule has 0 N–H and O–H groups in total. The van der Waals surface area contributed by atoms with Crippen LogP contribution in [0.3, 0.4) is 0 Å². The van der Waals surface area contributed by atoms with E-state index in [0.29, 0.717) is 24.5 Å². The summed E-state index contributed by atoms with van der Waals surface area (Å²) in [6.07, 6.45) is 1.33. The first kappa shape index (κ1) is 15.8. The first-order valence-corrected chi connectivity index (χ1v) is 9.46. The van der Waals surface area contributed by atoms with Gasteiger partial charge in [0.25, 0.3) is 0 Å². The maximum Gasteiger partial charge on any atom is 0.238 e. The molecule has 1 aromatic rings. The van der Waals surface area contributed by atoms with Gasteiger partial charge in [0.2, 0.25) is 15.9 Å². The zero-order chi connectivity index (χ0) is 15.9. The fourth-order valence-corrected chi connectivity index (χ4v) is 4.89. The van der Waals surface area contributed by atoms with E-state index < -0.39 is 10.0 Å². The summed E-state index contributed by atoms with van der Waals surface area (Å²) in [4.78, 5) is 14.2. The Bertz CT molecular complexity index is 705. The summed E-state index contributed by atoms with van der Waals surface area (Å²) in [5, 5.41) is 0.613. The second-order valence-corrected chi connectivity index (χ2v) is 8.33. The van der Waals surface area contributed by atoms with Crippen LogP contribution in [0.2, 0.25) is 5.02 Å². The molecule has 3 rings (SSSR count). The lowest BCUT2D eigenvalue weighted by atomic mass is 9.91. The van der Waals surface area contributed by atoms with E-state index >= 15 is 0 Å². The molecule has 7 heteroatoms. The van der Waals surface area contributed by atoms with Crippen molar-refractivity contribution in [1.82, 2.24) is 9.21 Å². The van der Waals surface area contributed by atoms with E-state index in [0.717, 1.165) is 17.5 Å². The molecule has 5 nitrogen and oxygen atoms in total. The highest BCUT2D eigenvalue weighted by molar-refractivity contribution is 7.89. The minimum atomic E-state index is -3.38. The second-order valence-electron chi connectivity index (χ2n) is 5.80. The number of fused-ring (bicyclic) bond motifs is 3. The van der Waals surface area contributed by atoms with Crippen molar-refractivity contribution in [3.8, 4) is 0 Å². The van der Waals surface area contributed by atoms with Crippen LogP contribution in [0.4, 0.5) is 0 Å². The van der Waals surface area contributed by atoms with Crippen LogP contribution in [-0.2, 0) is 21.2 Å². The molecule has 22 heavy (non-hydrogen) atoms. The van der Waals surface area contributed by atoms with Crippen molar-refractivity contribution in [2.24, 2.45) is 0 Å². The van der Waals surface area contributed by atoms with Crippen LogP contribution in [0.5, 0.6) is 0 Å². The van der Waals surface area contributed by atoms with Crippen molar-refractivity contribution in [2.75, 3.05) is 25.4 Å². The van der Waals surface area contributed by atoms with Gasteiger partial charge in [-0.15, -0.1) is 0 Å². The SMILES string of the molecule is CCCS(=O)(=O)N1CC(=O)N2CCc3ccc(Cl)cc3C2C1. The molecule has 0 saturated carbocycles. The maximum absolute atomic E-state index is 12.4. The summed E-state index contributed by atoms with van der Waals surface area (Å²) in [6, 6.07) is 5.44. The fourth-order valence-electron chi connectivity index (χ4n) is 3.26. The number of hydrogen-bond donors (Lipinski definition) is 0. The Morgan fingerprint density at radius 1 is 1.36 bits per heavy atom. The molecule has 2 aliphatic heterocycles. The largest absolute Gasteiger partial charge is 0.333 e. The molecule has 0 radical (unpaired) electrons. The Kier molecular flexibility index (Phi) is 4.18. The molecule has 1 atom stereocenters. The third kappa shape index (κ3) is 2.75. The second kappa shape index (κ2) is 5.83. The Hall–Kier alpha value is -1.11. The molecule has 1 amide bonds. The maximum atomic E-state index is 12.4. The molecule has 1 saturated heterocycles. The lowest BCUT2D eigenvalue weighted by Crippen LogP contribution is -2.55. The highest BCUT2D eigenvalue weighted by Crippen LogP contribution is 2.35. The third-order valence-corrected chi connectivity index (χ3v) is 6.55. The van der Waals surface area contributed by atoms with Gasteiger partial charge < -0.3 is 4.90 Å². The summed E-state index contributed by atoms with van der Waals surface area (Å²) in [5.74, 6) is -0.0448. The molecule has 1 aromatic carbocycles. The number of sulfonamides is 1. The van der Waals surface area contributed by atoms with Crippen molar-refractivity contribution in [3.63, 3.8) is 0 Å². The average molecular weight is 343 g/mol. The van der Waals surface area contributed by atoms with Crippen LogP contribution in [-0.4, -0.2) is 48.9 Å². The van der Waals surface area contributed by atoms with E-state index in [9.17, 15) is 13.2 Å². The highest BCUT2D eigenvalue weighted by atomic mass is 35.5. The van der Waals surface area contributed by atoms with Gasteiger partial charge in [0.05, 0.1) is 18.3 Å². The molecular formula is C15H19ClN2O3S. The van der Waals surface area contributed by atoms with Gasteiger partial charge in [0, 0.05) is 18.1 Å². The molecule has 1 fully saturated rings.